The molecule has 1 saturated carbocycles. The highest BCUT2D eigenvalue weighted by Crippen LogP contribution is 2.21. The molecule has 0 bridgehead atoms. The summed E-state index contributed by atoms with van der Waals surface area (Å²) in [7, 11) is 0. The van der Waals surface area contributed by atoms with E-state index in [1.165, 1.54) is 35.6 Å². The van der Waals surface area contributed by atoms with Crippen molar-refractivity contribution in [3.63, 3.8) is 0 Å². The van der Waals surface area contributed by atoms with Crippen molar-refractivity contribution < 1.29 is 4.79 Å². The molecule has 1 amide bonds. The van der Waals surface area contributed by atoms with Gasteiger partial charge in [0.15, 0.2) is 5.16 Å². The fourth-order valence-electron chi connectivity index (χ4n) is 3.22. The lowest BCUT2D eigenvalue weighted by Crippen LogP contribution is -2.37. The molecule has 1 aliphatic rings. The van der Waals surface area contributed by atoms with Gasteiger partial charge in [0.2, 0.25) is 5.91 Å². The minimum absolute atomic E-state index is 0.0162. The minimum Gasteiger partial charge on any atom is -0.353 e. The summed E-state index contributed by atoms with van der Waals surface area (Å²) in [5.41, 5.74) is 0.405. The first-order chi connectivity index (χ1) is 12.6. The zero-order chi connectivity index (χ0) is 18.5. The van der Waals surface area contributed by atoms with Crippen LogP contribution in [0.15, 0.2) is 40.8 Å². The molecule has 3 rings (SSSR count). The Bertz CT molecular complexity index is 875. The number of fused-ring (bicyclic) bond motifs is 1. The molecule has 26 heavy (non-hydrogen) atoms. The highest BCUT2D eigenvalue weighted by atomic mass is 35.5. The van der Waals surface area contributed by atoms with Gasteiger partial charge in [-0.2, -0.15) is 0 Å². The molecule has 7 heteroatoms. The van der Waals surface area contributed by atoms with E-state index in [0.717, 1.165) is 12.8 Å². The molecular weight excluding hydrogens is 370 g/mol. The molecule has 0 spiro atoms. The molecule has 0 atom stereocenters. The van der Waals surface area contributed by atoms with Gasteiger partial charge in [0.05, 0.1) is 16.7 Å². The number of amides is 1. The van der Waals surface area contributed by atoms with Crippen LogP contribution in [0.25, 0.3) is 10.9 Å². The van der Waals surface area contributed by atoms with E-state index in [9.17, 15) is 9.59 Å². The van der Waals surface area contributed by atoms with E-state index in [-0.39, 0.29) is 23.3 Å². The molecule has 1 N–H and O–H groups in total. The van der Waals surface area contributed by atoms with E-state index in [4.69, 9.17) is 11.6 Å². The quantitative estimate of drug-likeness (QED) is 0.462. The van der Waals surface area contributed by atoms with Crippen LogP contribution in [0.4, 0.5) is 0 Å². The third-order valence-electron chi connectivity index (χ3n) is 4.50. The molecule has 1 fully saturated rings. The molecule has 138 valence electrons. The van der Waals surface area contributed by atoms with Crippen LogP contribution in [0.3, 0.4) is 0 Å². The molecule has 1 aromatic heterocycles. The van der Waals surface area contributed by atoms with E-state index < -0.39 is 0 Å². The van der Waals surface area contributed by atoms with Crippen molar-refractivity contribution in [2.24, 2.45) is 0 Å². The minimum atomic E-state index is -0.174. The summed E-state index contributed by atoms with van der Waals surface area (Å²) >= 11 is 7.28. The van der Waals surface area contributed by atoms with Gasteiger partial charge in [0.25, 0.3) is 5.56 Å². The normalized spacial score (nSPS) is 15.1. The van der Waals surface area contributed by atoms with Crippen LogP contribution in [-0.4, -0.2) is 27.3 Å². The Morgan fingerprint density at radius 1 is 1.38 bits per heavy atom. The van der Waals surface area contributed by atoms with Gasteiger partial charge in [-0.05, 0) is 31.0 Å². The van der Waals surface area contributed by atoms with Crippen LogP contribution in [-0.2, 0) is 11.3 Å². The zero-order valence-electron chi connectivity index (χ0n) is 14.5. The van der Waals surface area contributed by atoms with Gasteiger partial charge in [-0.25, -0.2) is 4.98 Å². The number of aromatic nitrogens is 2. The SMILES string of the molecule is C=CCn1c(SCC(=O)NC2CCCCC2)nc2ccc(Cl)cc2c1=O. The van der Waals surface area contributed by atoms with Gasteiger partial charge >= 0.3 is 0 Å². The highest BCUT2D eigenvalue weighted by Gasteiger charge is 2.17. The third-order valence-corrected chi connectivity index (χ3v) is 5.71. The molecule has 1 aliphatic carbocycles. The van der Waals surface area contributed by atoms with Crippen molar-refractivity contribution >= 4 is 40.2 Å². The lowest BCUT2D eigenvalue weighted by Gasteiger charge is -2.22. The number of halogens is 1. The van der Waals surface area contributed by atoms with Gasteiger partial charge in [0.1, 0.15) is 0 Å². The number of allylic oxidation sites excluding steroid dienone is 1. The molecule has 2 aromatic rings. The van der Waals surface area contributed by atoms with Gasteiger partial charge in [0, 0.05) is 17.6 Å². The predicted octanol–water partition coefficient (Wildman–Crippen LogP) is 3.78. The zero-order valence-corrected chi connectivity index (χ0v) is 16.1. The summed E-state index contributed by atoms with van der Waals surface area (Å²) in [5.74, 6) is 0.219. The van der Waals surface area contributed by atoms with E-state index in [0.29, 0.717) is 27.6 Å². The first kappa shape index (κ1) is 19.0. The molecule has 1 heterocycles. The number of nitrogens with one attached hydrogen (secondary N) is 1. The first-order valence-corrected chi connectivity index (χ1v) is 10.2. The van der Waals surface area contributed by atoms with Gasteiger partial charge in [-0.15, -0.1) is 6.58 Å². The van der Waals surface area contributed by atoms with Gasteiger partial charge < -0.3 is 5.32 Å². The topological polar surface area (TPSA) is 64.0 Å². The van der Waals surface area contributed by atoms with Crippen LogP contribution in [0.1, 0.15) is 32.1 Å². The van der Waals surface area contributed by atoms with Crippen molar-refractivity contribution in [3.05, 3.63) is 46.2 Å². The summed E-state index contributed by atoms with van der Waals surface area (Å²) in [6.07, 6.45) is 7.34. The van der Waals surface area contributed by atoms with Crippen LogP contribution in [0, 0.1) is 0 Å². The number of nitrogens with zero attached hydrogens (tertiary/aromatic N) is 2. The molecule has 1 aromatic carbocycles. The van der Waals surface area contributed by atoms with Crippen molar-refractivity contribution in [1.82, 2.24) is 14.9 Å². The smallest absolute Gasteiger partial charge is 0.262 e. The second-order valence-electron chi connectivity index (χ2n) is 6.45. The fraction of sp³-hybridized carbons (Fsp3) is 0.421. The van der Waals surface area contributed by atoms with Gasteiger partial charge in [-0.3, -0.25) is 14.2 Å². The highest BCUT2D eigenvalue weighted by molar-refractivity contribution is 7.99. The summed E-state index contributed by atoms with van der Waals surface area (Å²) in [6.45, 7) is 4.04. The van der Waals surface area contributed by atoms with E-state index in [1.54, 1.807) is 24.3 Å². The third kappa shape index (κ3) is 4.48. The number of hydrogen-bond acceptors (Lipinski definition) is 4. The summed E-state index contributed by atoms with van der Waals surface area (Å²) in [4.78, 5) is 29.6. The molecule has 0 saturated heterocycles. The lowest BCUT2D eigenvalue weighted by molar-refractivity contribution is -0.119. The number of thioether (sulfide) groups is 1. The monoisotopic (exact) mass is 391 g/mol. The molecular formula is C19H22ClN3O2S. The Balaban J connectivity index is 1.78. The van der Waals surface area contributed by atoms with Crippen LogP contribution in [0.2, 0.25) is 5.02 Å². The average molecular weight is 392 g/mol. The second-order valence-corrected chi connectivity index (χ2v) is 7.83. The summed E-state index contributed by atoms with van der Waals surface area (Å²) in [6, 6.07) is 5.33. The Morgan fingerprint density at radius 3 is 2.88 bits per heavy atom. The summed E-state index contributed by atoms with van der Waals surface area (Å²) < 4.78 is 1.53. The van der Waals surface area contributed by atoms with Crippen molar-refractivity contribution in [3.8, 4) is 0 Å². The Hall–Kier alpha value is -1.79. The van der Waals surface area contributed by atoms with Crippen molar-refractivity contribution in [2.45, 2.75) is 49.8 Å². The standard InChI is InChI=1S/C19H22ClN3O2S/c1-2-10-23-18(25)15-11-13(20)8-9-16(15)22-19(23)26-12-17(24)21-14-6-4-3-5-7-14/h2,8-9,11,14H,1,3-7,10,12H2,(H,21,24). The number of rotatable bonds is 6. The molecule has 5 nitrogen and oxygen atoms in total. The lowest BCUT2D eigenvalue weighted by atomic mass is 9.95. The van der Waals surface area contributed by atoms with Crippen LogP contribution in [0.5, 0.6) is 0 Å². The van der Waals surface area contributed by atoms with E-state index in [1.807, 2.05) is 0 Å². The largest absolute Gasteiger partial charge is 0.353 e. The Labute approximate surface area is 161 Å². The van der Waals surface area contributed by atoms with E-state index in [2.05, 4.69) is 16.9 Å². The van der Waals surface area contributed by atoms with Crippen molar-refractivity contribution in [1.29, 1.82) is 0 Å². The van der Waals surface area contributed by atoms with Gasteiger partial charge in [-0.1, -0.05) is 48.7 Å². The molecule has 0 radical (unpaired) electrons. The number of hydrogen-bond donors (Lipinski definition) is 1. The molecule has 0 unspecified atom stereocenters. The molecule has 0 aliphatic heterocycles. The average Bonchev–Trinajstić information content (AvgIpc) is 2.64. The van der Waals surface area contributed by atoms with Crippen molar-refractivity contribution in [2.75, 3.05) is 5.75 Å². The fourth-order valence-corrected chi connectivity index (χ4v) is 4.21. The maximum Gasteiger partial charge on any atom is 0.262 e. The number of benzene rings is 1. The first-order valence-electron chi connectivity index (χ1n) is 8.81. The summed E-state index contributed by atoms with van der Waals surface area (Å²) in [5, 5.41) is 4.57. The maximum atomic E-state index is 12.8. The Morgan fingerprint density at radius 2 is 2.15 bits per heavy atom. The maximum absolute atomic E-state index is 12.8. The number of carbonyl (C=O) groups is 1. The van der Waals surface area contributed by atoms with Crippen LogP contribution < -0.4 is 10.9 Å². The van der Waals surface area contributed by atoms with Crippen LogP contribution >= 0.6 is 23.4 Å². The van der Waals surface area contributed by atoms with E-state index >= 15 is 0 Å². The number of carbonyl (C=O) groups excluding carboxylic acids is 1. The Kier molecular flexibility index (Phi) is 6.38. The predicted molar refractivity (Wildman–Crippen MR) is 107 cm³/mol. The second kappa shape index (κ2) is 8.73.